The number of rotatable bonds is 8. The summed E-state index contributed by atoms with van der Waals surface area (Å²) in [7, 11) is -4.67. The third-order valence-corrected chi connectivity index (χ3v) is 2.83. The second-order valence-corrected chi connectivity index (χ2v) is 5.71. The highest BCUT2D eigenvalue weighted by atomic mass is 32.3. The molecule has 0 aromatic heterocycles. The Morgan fingerprint density at radius 2 is 1.48 bits per heavy atom. The van der Waals surface area contributed by atoms with Gasteiger partial charge in [-0.3, -0.25) is 9.11 Å². The van der Waals surface area contributed by atoms with Gasteiger partial charge in [0.1, 0.15) is 0 Å². The molecule has 0 aliphatic carbocycles. The highest BCUT2D eigenvalue weighted by Gasteiger charge is 1.88. The highest BCUT2D eigenvalue weighted by molar-refractivity contribution is 7.79. The van der Waals surface area contributed by atoms with Gasteiger partial charge < -0.3 is 0 Å². The Labute approximate surface area is 128 Å². The second kappa shape index (κ2) is 12.6. The van der Waals surface area contributed by atoms with Crippen molar-refractivity contribution in [2.24, 2.45) is 0 Å². The van der Waals surface area contributed by atoms with Gasteiger partial charge >= 0.3 is 10.4 Å². The first kappa shape index (κ1) is 19.8. The van der Waals surface area contributed by atoms with Crippen molar-refractivity contribution < 1.29 is 17.5 Å². The topological polar surface area (TPSA) is 74.6 Å². The molecule has 0 fully saturated rings. The third kappa shape index (κ3) is 18.8. The Bertz CT molecular complexity index is 458. The zero-order chi connectivity index (χ0) is 16.0. The summed E-state index contributed by atoms with van der Waals surface area (Å²) in [5, 5.41) is 0. The predicted molar refractivity (Wildman–Crippen MR) is 87.6 cm³/mol. The standard InChI is InChI=1S/C16H24.H2O4S/c1-2-3-4-5-6-7-8-10-13-16-14-11-9-12-15-16;1-5(2,3)4/h9-15H,2-8H2,1H3;(H2,1,2,3,4). The van der Waals surface area contributed by atoms with Gasteiger partial charge in [0.25, 0.3) is 0 Å². The van der Waals surface area contributed by atoms with Gasteiger partial charge in [-0.1, -0.05) is 81.5 Å². The van der Waals surface area contributed by atoms with Gasteiger partial charge in [0.05, 0.1) is 0 Å². The average molecular weight is 314 g/mol. The summed E-state index contributed by atoms with van der Waals surface area (Å²) >= 11 is 0. The Balaban J connectivity index is 0.000000690. The second-order valence-electron chi connectivity index (χ2n) is 4.82. The Morgan fingerprint density at radius 1 is 0.952 bits per heavy atom. The van der Waals surface area contributed by atoms with E-state index in [1.165, 1.54) is 50.5 Å². The van der Waals surface area contributed by atoms with Crippen molar-refractivity contribution in [3.05, 3.63) is 42.0 Å². The van der Waals surface area contributed by atoms with Crippen molar-refractivity contribution in [1.82, 2.24) is 0 Å². The van der Waals surface area contributed by atoms with Crippen molar-refractivity contribution in [2.75, 3.05) is 0 Å². The fourth-order valence-electron chi connectivity index (χ4n) is 1.83. The number of unbranched alkanes of at least 4 members (excludes halogenated alkanes) is 6. The van der Waals surface area contributed by atoms with Crippen LogP contribution < -0.4 is 0 Å². The molecule has 0 aliphatic heterocycles. The largest absolute Gasteiger partial charge is 0.394 e. The molecule has 2 N–H and O–H groups in total. The summed E-state index contributed by atoms with van der Waals surface area (Å²) in [5.74, 6) is 0. The summed E-state index contributed by atoms with van der Waals surface area (Å²) in [4.78, 5) is 0. The maximum atomic E-state index is 8.74. The van der Waals surface area contributed by atoms with Crippen LogP contribution in [0.3, 0.4) is 0 Å². The van der Waals surface area contributed by atoms with Gasteiger partial charge in [0.2, 0.25) is 0 Å². The molecule has 1 aromatic rings. The van der Waals surface area contributed by atoms with E-state index in [4.69, 9.17) is 17.5 Å². The summed E-state index contributed by atoms with van der Waals surface area (Å²) < 4.78 is 31.6. The Kier molecular flexibility index (Phi) is 11.9. The van der Waals surface area contributed by atoms with E-state index in [2.05, 4.69) is 49.4 Å². The molecule has 5 heteroatoms. The molecule has 21 heavy (non-hydrogen) atoms. The van der Waals surface area contributed by atoms with Crippen LogP contribution in [0.1, 0.15) is 57.4 Å². The molecular formula is C16H26O4S. The molecule has 0 aliphatic rings. The molecule has 4 nitrogen and oxygen atoms in total. The Morgan fingerprint density at radius 3 is 2.05 bits per heavy atom. The van der Waals surface area contributed by atoms with Crippen molar-refractivity contribution in [2.45, 2.75) is 51.9 Å². The molecule has 0 atom stereocenters. The van der Waals surface area contributed by atoms with Crippen LogP contribution in [-0.4, -0.2) is 17.5 Å². The number of hydrogen-bond acceptors (Lipinski definition) is 2. The lowest BCUT2D eigenvalue weighted by molar-refractivity contribution is 0.381. The van der Waals surface area contributed by atoms with Crippen LogP contribution in [-0.2, 0) is 10.4 Å². The minimum Gasteiger partial charge on any atom is -0.264 e. The molecular weight excluding hydrogens is 288 g/mol. The van der Waals surface area contributed by atoms with Crippen LogP contribution >= 0.6 is 0 Å². The van der Waals surface area contributed by atoms with Gasteiger partial charge in [0, 0.05) is 0 Å². The normalized spacial score (nSPS) is 11.2. The van der Waals surface area contributed by atoms with Gasteiger partial charge in [-0.2, -0.15) is 8.42 Å². The molecule has 1 rings (SSSR count). The van der Waals surface area contributed by atoms with Crippen LogP contribution in [0.2, 0.25) is 0 Å². The molecule has 0 amide bonds. The fraction of sp³-hybridized carbons (Fsp3) is 0.500. The summed E-state index contributed by atoms with van der Waals surface area (Å²) in [6, 6.07) is 10.5. The first-order chi connectivity index (χ1) is 9.93. The fourth-order valence-corrected chi connectivity index (χ4v) is 1.83. The van der Waals surface area contributed by atoms with Crippen LogP contribution in [0.25, 0.3) is 6.08 Å². The van der Waals surface area contributed by atoms with Gasteiger partial charge in [-0.05, 0) is 18.4 Å². The molecule has 0 bridgehead atoms. The molecule has 0 radical (unpaired) electrons. The SMILES string of the molecule is CCCCCCCCC=Cc1ccccc1.O=S(=O)(O)O. The van der Waals surface area contributed by atoms with Crippen LogP contribution in [0.4, 0.5) is 0 Å². The monoisotopic (exact) mass is 314 g/mol. The predicted octanol–water partition coefficient (Wildman–Crippen LogP) is 4.80. The van der Waals surface area contributed by atoms with Crippen LogP contribution in [0.15, 0.2) is 36.4 Å². The zero-order valence-corrected chi connectivity index (χ0v) is 13.4. The van der Waals surface area contributed by atoms with E-state index in [-0.39, 0.29) is 0 Å². The molecule has 1 aromatic carbocycles. The highest BCUT2D eigenvalue weighted by Crippen LogP contribution is 2.08. The summed E-state index contributed by atoms with van der Waals surface area (Å²) in [6.45, 7) is 2.27. The lowest BCUT2D eigenvalue weighted by Gasteiger charge is -1.97. The van der Waals surface area contributed by atoms with Crippen molar-refractivity contribution in [1.29, 1.82) is 0 Å². The maximum absolute atomic E-state index is 8.74. The minimum absolute atomic E-state index is 1.22. The summed E-state index contributed by atoms with van der Waals surface area (Å²) in [5.41, 5.74) is 1.31. The summed E-state index contributed by atoms with van der Waals surface area (Å²) in [6.07, 6.45) is 14.0. The van der Waals surface area contributed by atoms with E-state index in [0.717, 1.165) is 0 Å². The number of benzene rings is 1. The van der Waals surface area contributed by atoms with E-state index >= 15 is 0 Å². The maximum Gasteiger partial charge on any atom is 0.394 e. The quantitative estimate of drug-likeness (QED) is 0.534. The molecule has 0 unspecified atom stereocenters. The van der Waals surface area contributed by atoms with Gasteiger partial charge in [0.15, 0.2) is 0 Å². The molecule has 0 heterocycles. The van der Waals surface area contributed by atoms with Crippen molar-refractivity contribution >= 4 is 16.5 Å². The Hall–Kier alpha value is -1.17. The van der Waals surface area contributed by atoms with Gasteiger partial charge in [-0.15, -0.1) is 0 Å². The van der Waals surface area contributed by atoms with E-state index in [1.807, 2.05) is 0 Å². The molecule has 0 spiro atoms. The average Bonchev–Trinajstić information content (AvgIpc) is 2.41. The van der Waals surface area contributed by atoms with E-state index in [9.17, 15) is 0 Å². The molecule has 120 valence electrons. The number of allylic oxidation sites excluding steroid dienone is 1. The minimum atomic E-state index is -4.67. The third-order valence-electron chi connectivity index (χ3n) is 2.83. The lowest BCUT2D eigenvalue weighted by Crippen LogP contribution is -1.89. The molecule has 0 saturated heterocycles. The van der Waals surface area contributed by atoms with E-state index in [1.54, 1.807) is 0 Å². The van der Waals surface area contributed by atoms with E-state index < -0.39 is 10.4 Å². The first-order valence-electron chi connectivity index (χ1n) is 7.35. The van der Waals surface area contributed by atoms with Crippen molar-refractivity contribution in [3.63, 3.8) is 0 Å². The first-order valence-corrected chi connectivity index (χ1v) is 8.74. The van der Waals surface area contributed by atoms with Crippen molar-refractivity contribution in [3.8, 4) is 0 Å². The lowest BCUT2D eigenvalue weighted by atomic mass is 10.1. The zero-order valence-electron chi connectivity index (χ0n) is 12.6. The smallest absolute Gasteiger partial charge is 0.264 e. The van der Waals surface area contributed by atoms with Crippen LogP contribution in [0, 0.1) is 0 Å². The number of hydrogen-bond donors (Lipinski definition) is 2. The van der Waals surface area contributed by atoms with Crippen LogP contribution in [0.5, 0.6) is 0 Å². The molecule has 0 saturated carbocycles. The van der Waals surface area contributed by atoms with Gasteiger partial charge in [-0.25, -0.2) is 0 Å². The van der Waals surface area contributed by atoms with E-state index in [0.29, 0.717) is 0 Å².